The van der Waals surface area contributed by atoms with Gasteiger partial charge in [0.2, 0.25) is 0 Å². The van der Waals surface area contributed by atoms with E-state index in [4.69, 9.17) is 0 Å². The molecule has 0 bridgehead atoms. The maximum atomic E-state index is 2.47. The summed E-state index contributed by atoms with van der Waals surface area (Å²) in [6.45, 7) is 11.8. The van der Waals surface area contributed by atoms with Crippen molar-refractivity contribution in [1.29, 1.82) is 0 Å². The smallest absolute Gasteiger partial charge is 0.0465 e. The van der Waals surface area contributed by atoms with Crippen LogP contribution < -0.4 is 4.90 Å². The minimum atomic E-state index is -0.0302. The lowest BCUT2D eigenvalue weighted by Gasteiger charge is -2.32. The first kappa shape index (κ1) is 30.5. The fourth-order valence-corrected chi connectivity index (χ4v) is 8.84. The van der Waals surface area contributed by atoms with Crippen LogP contribution in [0, 0.1) is 0 Å². The van der Waals surface area contributed by atoms with Crippen molar-refractivity contribution in [2.24, 2.45) is 0 Å². The first-order valence-electron chi connectivity index (χ1n) is 17.8. The Morgan fingerprint density at radius 2 is 1.12 bits per heavy atom. The van der Waals surface area contributed by atoms with Crippen LogP contribution in [0.2, 0.25) is 0 Å². The average molecular weight is 624 g/mol. The van der Waals surface area contributed by atoms with E-state index in [2.05, 4.69) is 173 Å². The zero-order chi connectivity index (χ0) is 33.0. The zero-order valence-corrected chi connectivity index (χ0v) is 29.0. The Bertz CT molecular complexity index is 2080. The molecule has 0 aliphatic heterocycles. The molecule has 0 spiro atoms. The predicted octanol–water partition coefficient (Wildman–Crippen LogP) is 13.2. The number of nitrogens with zero attached hydrogens (tertiary/aromatic N) is 1. The van der Waals surface area contributed by atoms with Crippen LogP contribution in [0.15, 0.2) is 132 Å². The van der Waals surface area contributed by atoms with E-state index in [0.717, 1.165) is 19.3 Å². The number of anilines is 3. The summed E-state index contributed by atoms with van der Waals surface area (Å²) in [6.07, 6.45) is 11.5. The average Bonchev–Trinajstić information content (AvgIpc) is 3.52. The molecule has 0 fully saturated rings. The summed E-state index contributed by atoms with van der Waals surface area (Å²) in [7, 11) is 0. The third kappa shape index (κ3) is 4.74. The molecule has 1 nitrogen and oxygen atoms in total. The van der Waals surface area contributed by atoms with Gasteiger partial charge < -0.3 is 4.90 Å². The van der Waals surface area contributed by atoms with E-state index in [1.807, 2.05) is 0 Å². The van der Waals surface area contributed by atoms with E-state index < -0.39 is 0 Å². The molecular weight excluding hydrogens is 579 g/mol. The van der Waals surface area contributed by atoms with Gasteiger partial charge in [0.25, 0.3) is 0 Å². The topological polar surface area (TPSA) is 3.24 Å². The highest BCUT2D eigenvalue weighted by molar-refractivity contribution is 5.88. The van der Waals surface area contributed by atoms with Gasteiger partial charge in [-0.05, 0) is 125 Å². The Hall–Kier alpha value is -4.88. The predicted molar refractivity (Wildman–Crippen MR) is 206 cm³/mol. The number of allylic oxidation sites excluding steroid dienone is 4. The molecule has 0 saturated heterocycles. The summed E-state index contributed by atoms with van der Waals surface area (Å²) in [5.41, 5.74) is 19.3. The van der Waals surface area contributed by atoms with Crippen molar-refractivity contribution >= 4 is 34.8 Å². The minimum Gasteiger partial charge on any atom is -0.310 e. The second-order valence-corrected chi connectivity index (χ2v) is 14.5. The SMILES string of the molecule is CCC1(CC)c2cc(C=Cc3ccc4c(c3)C(C)(C)C3=C4CCC(C)=C3)ccc2-c2ccc(N(c3ccccc3)c3ccccc3)cc21. The van der Waals surface area contributed by atoms with Gasteiger partial charge in [0.15, 0.2) is 0 Å². The molecule has 3 aliphatic carbocycles. The fourth-order valence-electron chi connectivity index (χ4n) is 8.84. The third-order valence-electron chi connectivity index (χ3n) is 11.5. The molecule has 0 atom stereocenters. The molecule has 0 radical (unpaired) electrons. The van der Waals surface area contributed by atoms with Gasteiger partial charge in [0, 0.05) is 27.9 Å². The summed E-state index contributed by atoms with van der Waals surface area (Å²) in [5, 5.41) is 0. The molecule has 0 unspecified atom stereocenters. The third-order valence-corrected chi connectivity index (χ3v) is 11.5. The standard InChI is InChI=1S/C47H45N/c1-6-47(7-2)44-30-34(20-19-33-21-25-39-38-24-18-32(3)28-42(38)46(4,5)43(39)29-33)22-26-40(44)41-27-23-37(31-45(41)47)48(35-14-10-8-11-15-35)36-16-12-9-13-17-36/h8-17,19-23,25-31H,6-7,18,24H2,1-5H3. The van der Waals surface area contributed by atoms with Crippen molar-refractivity contribution in [2.45, 2.75) is 71.1 Å². The molecule has 48 heavy (non-hydrogen) atoms. The van der Waals surface area contributed by atoms with Crippen molar-refractivity contribution in [2.75, 3.05) is 4.90 Å². The number of hydrogen-bond acceptors (Lipinski definition) is 1. The molecule has 238 valence electrons. The van der Waals surface area contributed by atoms with Gasteiger partial charge >= 0.3 is 0 Å². The van der Waals surface area contributed by atoms with Crippen LogP contribution in [0.25, 0.3) is 28.9 Å². The first-order chi connectivity index (χ1) is 23.3. The van der Waals surface area contributed by atoms with E-state index >= 15 is 0 Å². The van der Waals surface area contributed by atoms with E-state index in [1.54, 1.807) is 5.57 Å². The lowest BCUT2D eigenvalue weighted by molar-refractivity contribution is 0.490. The summed E-state index contributed by atoms with van der Waals surface area (Å²) >= 11 is 0. The van der Waals surface area contributed by atoms with Gasteiger partial charge in [-0.3, -0.25) is 0 Å². The van der Waals surface area contributed by atoms with Crippen LogP contribution >= 0.6 is 0 Å². The van der Waals surface area contributed by atoms with Gasteiger partial charge in [0.05, 0.1) is 0 Å². The van der Waals surface area contributed by atoms with Gasteiger partial charge in [-0.1, -0.05) is 130 Å². The van der Waals surface area contributed by atoms with Gasteiger partial charge in [-0.25, -0.2) is 0 Å². The fraction of sp³-hybridized carbons (Fsp3) is 0.234. The van der Waals surface area contributed by atoms with Crippen molar-refractivity contribution in [3.63, 3.8) is 0 Å². The number of benzene rings is 5. The summed E-state index contributed by atoms with van der Waals surface area (Å²) in [5.74, 6) is 0. The van der Waals surface area contributed by atoms with E-state index in [-0.39, 0.29) is 10.8 Å². The second-order valence-electron chi connectivity index (χ2n) is 14.5. The number of hydrogen-bond donors (Lipinski definition) is 0. The second kappa shape index (κ2) is 11.7. The maximum absolute atomic E-state index is 2.47. The highest BCUT2D eigenvalue weighted by Gasteiger charge is 2.41. The molecule has 1 heteroatoms. The van der Waals surface area contributed by atoms with Crippen molar-refractivity contribution in [3.05, 3.63) is 166 Å². The number of rotatable bonds is 7. The highest BCUT2D eigenvalue weighted by atomic mass is 15.1. The Morgan fingerprint density at radius 3 is 1.73 bits per heavy atom. The highest BCUT2D eigenvalue weighted by Crippen LogP contribution is 2.55. The monoisotopic (exact) mass is 623 g/mol. The Balaban J connectivity index is 1.15. The Morgan fingerprint density at radius 1 is 0.583 bits per heavy atom. The Kier molecular flexibility index (Phi) is 7.40. The van der Waals surface area contributed by atoms with Crippen LogP contribution in [-0.2, 0) is 10.8 Å². The van der Waals surface area contributed by atoms with Crippen molar-refractivity contribution < 1.29 is 0 Å². The van der Waals surface area contributed by atoms with Crippen LogP contribution in [-0.4, -0.2) is 0 Å². The van der Waals surface area contributed by atoms with E-state index in [0.29, 0.717) is 0 Å². The normalized spacial score (nSPS) is 16.7. The van der Waals surface area contributed by atoms with Crippen LogP contribution in [0.4, 0.5) is 17.1 Å². The molecule has 0 saturated carbocycles. The molecular formula is C47H45N. The molecule has 3 aliphatic rings. The van der Waals surface area contributed by atoms with Gasteiger partial charge in [-0.2, -0.15) is 0 Å². The van der Waals surface area contributed by atoms with E-state index in [9.17, 15) is 0 Å². The Labute approximate surface area is 287 Å². The van der Waals surface area contributed by atoms with Crippen LogP contribution in [0.5, 0.6) is 0 Å². The molecule has 0 amide bonds. The first-order valence-corrected chi connectivity index (χ1v) is 17.8. The zero-order valence-electron chi connectivity index (χ0n) is 29.0. The molecule has 5 aromatic rings. The van der Waals surface area contributed by atoms with Crippen LogP contribution in [0.1, 0.15) is 93.7 Å². The number of fused-ring (bicyclic) bond motifs is 5. The van der Waals surface area contributed by atoms with E-state index in [1.165, 1.54) is 79.1 Å². The van der Waals surface area contributed by atoms with Gasteiger partial charge in [-0.15, -0.1) is 0 Å². The quantitative estimate of drug-likeness (QED) is 0.163. The molecule has 0 N–H and O–H groups in total. The summed E-state index contributed by atoms with van der Waals surface area (Å²) in [6, 6.07) is 42.9. The molecule has 0 heterocycles. The lowest BCUT2D eigenvalue weighted by atomic mass is 9.73. The lowest BCUT2D eigenvalue weighted by Crippen LogP contribution is -2.23. The molecule has 0 aromatic heterocycles. The van der Waals surface area contributed by atoms with Gasteiger partial charge in [0.1, 0.15) is 0 Å². The largest absolute Gasteiger partial charge is 0.310 e. The summed E-state index contributed by atoms with van der Waals surface area (Å²) in [4.78, 5) is 2.38. The maximum Gasteiger partial charge on any atom is 0.0465 e. The van der Waals surface area contributed by atoms with Crippen LogP contribution in [0.3, 0.4) is 0 Å². The van der Waals surface area contributed by atoms with Crippen molar-refractivity contribution in [1.82, 2.24) is 0 Å². The minimum absolute atomic E-state index is 0.0302. The molecule has 8 rings (SSSR count). The number of para-hydroxylation sites is 2. The summed E-state index contributed by atoms with van der Waals surface area (Å²) < 4.78 is 0. The van der Waals surface area contributed by atoms with Crippen molar-refractivity contribution in [3.8, 4) is 11.1 Å². The molecule has 5 aromatic carbocycles.